The van der Waals surface area contributed by atoms with Crippen LogP contribution in [0.4, 0.5) is 4.39 Å². The fourth-order valence-corrected chi connectivity index (χ4v) is 2.72. The van der Waals surface area contributed by atoms with Gasteiger partial charge in [0.25, 0.3) is 0 Å². The second kappa shape index (κ2) is 7.29. The van der Waals surface area contributed by atoms with E-state index in [0.29, 0.717) is 4.83 Å². The summed E-state index contributed by atoms with van der Waals surface area (Å²) >= 11 is 9.52. The van der Waals surface area contributed by atoms with Crippen LogP contribution in [0, 0.1) is 5.82 Å². The summed E-state index contributed by atoms with van der Waals surface area (Å²) in [6, 6.07) is 5.01. The Bertz CT molecular complexity index is 328. The van der Waals surface area contributed by atoms with Gasteiger partial charge in [-0.05, 0) is 37.3 Å². The lowest BCUT2D eigenvalue weighted by atomic mass is 10.1. The molecule has 0 amide bonds. The van der Waals surface area contributed by atoms with E-state index >= 15 is 0 Å². The van der Waals surface area contributed by atoms with Gasteiger partial charge in [-0.1, -0.05) is 53.0 Å². The smallest absolute Gasteiger partial charge is 0.142 e. The van der Waals surface area contributed by atoms with Gasteiger partial charge >= 0.3 is 0 Å². The van der Waals surface area contributed by atoms with Gasteiger partial charge in [0.2, 0.25) is 0 Å². The Morgan fingerprint density at radius 2 is 2.12 bits per heavy atom. The van der Waals surface area contributed by atoms with E-state index in [1.807, 2.05) is 6.07 Å². The van der Waals surface area contributed by atoms with Gasteiger partial charge in [-0.25, -0.2) is 4.39 Å². The molecule has 0 N–H and O–H groups in total. The average molecular weight is 308 g/mol. The normalized spacial score (nSPS) is 12.8. The van der Waals surface area contributed by atoms with E-state index in [0.717, 1.165) is 24.8 Å². The van der Waals surface area contributed by atoms with E-state index in [-0.39, 0.29) is 10.8 Å². The molecule has 0 fully saturated rings. The predicted octanol–water partition coefficient (Wildman–Crippen LogP) is 5.37. The van der Waals surface area contributed by atoms with Crippen LogP contribution in [0.2, 0.25) is 5.02 Å². The molecule has 1 aromatic carbocycles. The van der Waals surface area contributed by atoms with Crippen LogP contribution in [0.5, 0.6) is 0 Å². The number of hydrogen-bond donors (Lipinski definition) is 0. The van der Waals surface area contributed by atoms with E-state index in [1.54, 1.807) is 6.07 Å². The zero-order chi connectivity index (χ0) is 12.0. The summed E-state index contributed by atoms with van der Waals surface area (Å²) in [7, 11) is 0. The Hall–Kier alpha value is -0.0800. The van der Waals surface area contributed by atoms with Crippen LogP contribution >= 0.6 is 27.5 Å². The van der Waals surface area contributed by atoms with Crippen LogP contribution in [0.3, 0.4) is 0 Å². The minimum absolute atomic E-state index is 0.282. The van der Waals surface area contributed by atoms with Crippen molar-refractivity contribution in [2.45, 2.75) is 43.9 Å². The maximum absolute atomic E-state index is 13.1. The first-order valence-corrected chi connectivity index (χ1v) is 7.01. The quantitative estimate of drug-likeness (QED) is 0.620. The summed E-state index contributed by atoms with van der Waals surface area (Å²) in [5.74, 6) is -0.317. The number of hydrogen-bond acceptors (Lipinski definition) is 0. The molecule has 0 aliphatic rings. The molecule has 1 rings (SSSR count). The molecule has 0 spiro atoms. The highest BCUT2D eigenvalue weighted by atomic mass is 79.9. The summed E-state index contributed by atoms with van der Waals surface area (Å²) in [5, 5.41) is 0.282. The minimum Gasteiger partial charge on any atom is -0.205 e. The topological polar surface area (TPSA) is 0 Å². The molecule has 90 valence electrons. The van der Waals surface area contributed by atoms with E-state index in [1.165, 1.54) is 18.9 Å². The van der Waals surface area contributed by atoms with Gasteiger partial charge in [-0.15, -0.1) is 0 Å². The molecule has 0 radical (unpaired) electrons. The molecule has 0 nitrogen and oxygen atoms in total. The van der Waals surface area contributed by atoms with Crippen molar-refractivity contribution in [3.63, 3.8) is 0 Å². The molecular weight excluding hydrogens is 290 g/mol. The lowest BCUT2D eigenvalue weighted by Gasteiger charge is -2.09. The summed E-state index contributed by atoms with van der Waals surface area (Å²) in [6.07, 6.45) is 5.38. The van der Waals surface area contributed by atoms with Gasteiger partial charge in [0.05, 0.1) is 5.02 Å². The Labute approximate surface area is 110 Å². The Kier molecular flexibility index (Phi) is 6.37. The molecule has 0 aromatic heterocycles. The molecule has 0 saturated heterocycles. The average Bonchev–Trinajstić information content (AvgIpc) is 2.25. The molecular formula is C13H17BrClF. The van der Waals surface area contributed by atoms with Crippen molar-refractivity contribution in [1.82, 2.24) is 0 Å². The van der Waals surface area contributed by atoms with Crippen molar-refractivity contribution in [3.8, 4) is 0 Å². The molecule has 1 aromatic rings. The van der Waals surface area contributed by atoms with E-state index in [2.05, 4.69) is 22.9 Å². The minimum atomic E-state index is -0.317. The van der Waals surface area contributed by atoms with Crippen molar-refractivity contribution < 1.29 is 4.39 Å². The van der Waals surface area contributed by atoms with Crippen LogP contribution in [-0.4, -0.2) is 4.83 Å². The number of halogens is 3. The summed E-state index contributed by atoms with van der Waals surface area (Å²) in [5.41, 5.74) is 0.915. The molecule has 1 unspecified atom stereocenters. The second-order valence-electron chi connectivity index (χ2n) is 3.99. The lowest BCUT2D eigenvalue weighted by Crippen LogP contribution is -1.98. The first-order chi connectivity index (χ1) is 7.65. The Morgan fingerprint density at radius 3 is 2.81 bits per heavy atom. The Balaban J connectivity index is 2.40. The predicted molar refractivity (Wildman–Crippen MR) is 72.0 cm³/mol. The molecule has 0 aliphatic heterocycles. The SMILES string of the molecule is CCCC(Br)CCCc1cccc(F)c1Cl. The largest absolute Gasteiger partial charge is 0.205 e. The van der Waals surface area contributed by atoms with Crippen LogP contribution in [0.1, 0.15) is 38.2 Å². The third-order valence-electron chi connectivity index (χ3n) is 2.60. The molecule has 0 heterocycles. The number of aryl methyl sites for hydroxylation is 1. The third kappa shape index (κ3) is 4.42. The van der Waals surface area contributed by atoms with Crippen molar-refractivity contribution in [3.05, 3.63) is 34.6 Å². The number of benzene rings is 1. The van der Waals surface area contributed by atoms with Gasteiger partial charge in [-0.3, -0.25) is 0 Å². The van der Waals surface area contributed by atoms with Gasteiger partial charge in [0, 0.05) is 4.83 Å². The second-order valence-corrected chi connectivity index (χ2v) is 5.66. The van der Waals surface area contributed by atoms with Crippen molar-refractivity contribution in [1.29, 1.82) is 0 Å². The highest BCUT2D eigenvalue weighted by Crippen LogP contribution is 2.23. The summed E-state index contributed by atoms with van der Waals surface area (Å²) in [6.45, 7) is 2.18. The first kappa shape index (κ1) is 14.0. The van der Waals surface area contributed by atoms with E-state index in [9.17, 15) is 4.39 Å². The van der Waals surface area contributed by atoms with Crippen LogP contribution in [0.25, 0.3) is 0 Å². The zero-order valence-corrected chi connectivity index (χ0v) is 11.8. The highest BCUT2D eigenvalue weighted by molar-refractivity contribution is 9.09. The maximum Gasteiger partial charge on any atom is 0.142 e. The fraction of sp³-hybridized carbons (Fsp3) is 0.538. The standard InChI is InChI=1S/C13H17BrClF/c1-2-5-11(14)8-3-6-10-7-4-9-12(16)13(10)15/h4,7,9,11H,2-3,5-6,8H2,1H3. The first-order valence-electron chi connectivity index (χ1n) is 5.72. The third-order valence-corrected chi connectivity index (χ3v) is 3.94. The Morgan fingerprint density at radius 1 is 1.38 bits per heavy atom. The lowest BCUT2D eigenvalue weighted by molar-refractivity contribution is 0.621. The molecule has 3 heteroatoms. The number of rotatable bonds is 6. The fourth-order valence-electron chi connectivity index (χ4n) is 1.71. The van der Waals surface area contributed by atoms with Gasteiger partial charge in [0.1, 0.15) is 5.82 Å². The maximum atomic E-state index is 13.1. The monoisotopic (exact) mass is 306 g/mol. The molecule has 0 saturated carbocycles. The molecule has 0 bridgehead atoms. The van der Waals surface area contributed by atoms with Crippen molar-refractivity contribution in [2.24, 2.45) is 0 Å². The van der Waals surface area contributed by atoms with Crippen molar-refractivity contribution >= 4 is 27.5 Å². The van der Waals surface area contributed by atoms with Crippen LogP contribution in [0.15, 0.2) is 18.2 Å². The van der Waals surface area contributed by atoms with Gasteiger partial charge in [-0.2, -0.15) is 0 Å². The van der Waals surface area contributed by atoms with Gasteiger partial charge < -0.3 is 0 Å². The van der Waals surface area contributed by atoms with Gasteiger partial charge in [0.15, 0.2) is 0 Å². The van der Waals surface area contributed by atoms with Crippen molar-refractivity contribution in [2.75, 3.05) is 0 Å². The van der Waals surface area contributed by atoms with E-state index in [4.69, 9.17) is 11.6 Å². The number of alkyl halides is 1. The van der Waals surface area contributed by atoms with Crippen LogP contribution < -0.4 is 0 Å². The zero-order valence-electron chi connectivity index (χ0n) is 9.48. The van der Waals surface area contributed by atoms with E-state index < -0.39 is 0 Å². The summed E-state index contributed by atoms with van der Waals surface area (Å²) in [4.78, 5) is 0.574. The molecule has 16 heavy (non-hydrogen) atoms. The molecule has 1 atom stereocenters. The molecule has 0 aliphatic carbocycles. The van der Waals surface area contributed by atoms with Crippen LogP contribution in [-0.2, 0) is 6.42 Å². The highest BCUT2D eigenvalue weighted by Gasteiger charge is 2.07. The summed E-state index contributed by atoms with van der Waals surface area (Å²) < 4.78 is 13.1.